The number of rotatable bonds is 4. The predicted octanol–water partition coefficient (Wildman–Crippen LogP) is 3.34. The minimum absolute atomic E-state index is 0.120. The van der Waals surface area contributed by atoms with Crippen LogP contribution >= 0.6 is 11.6 Å². The molecule has 0 atom stereocenters. The van der Waals surface area contributed by atoms with Gasteiger partial charge in [-0.2, -0.15) is 9.49 Å². The predicted molar refractivity (Wildman–Crippen MR) is 85.2 cm³/mol. The monoisotopic (exact) mass is 335 g/mol. The van der Waals surface area contributed by atoms with Gasteiger partial charge in [0.2, 0.25) is 5.95 Å². The first-order valence-electron chi connectivity index (χ1n) is 6.97. The zero-order valence-electron chi connectivity index (χ0n) is 12.6. The molecule has 0 fully saturated rings. The minimum atomic E-state index is -0.964. The van der Waals surface area contributed by atoms with Gasteiger partial charge in [0.15, 0.2) is 0 Å². The molecule has 23 heavy (non-hydrogen) atoms. The molecule has 0 aliphatic heterocycles. The highest BCUT2D eigenvalue weighted by Crippen LogP contribution is 2.32. The largest absolute Gasteiger partial charge is 0.489 e. The van der Waals surface area contributed by atoms with Crippen molar-refractivity contribution in [3.05, 3.63) is 47.8 Å². The van der Waals surface area contributed by atoms with Crippen molar-refractivity contribution in [2.45, 2.75) is 19.4 Å². The maximum atomic E-state index is 13.1. The van der Waals surface area contributed by atoms with E-state index < -0.39 is 11.5 Å². The molecule has 0 bridgehead atoms. The molecule has 1 N–H and O–H groups in total. The molecule has 3 aromatic rings. The molecule has 0 spiro atoms. The number of pyridine rings is 2. The van der Waals surface area contributed by atoms with Crippen molar-refractivity contribution >= 4 is 17.1 Å². The first kappa shape index (κ1) is 15.7. The van der Waals surface area contributed by atoms with Gasteiger partial charge in [-0.25, -0.2) is 9.50 Å². The zero-order valence-corrected chi connectivity index (χ0v) is 13.4. The number of aliphatic hydroxyl groups is 1. The lowest BCUT2D eigenvalue weighted by Gasteiger charge is -2.18. The van der Waals surface area contributed by atoms with Crippen molar-refractivity contribution in [3.63, 3.8) is 0 Å². The maximum absolute atomic E-state index is 13.1. The molecule has 5 nitrogen and oxygen atoms in total. The fourth-order valence-corrected chi connectivity index (χ4v) is 2.39. The van der Waals surface area contributed by atoms with Crippen LogP contribution in [0.25, 0.3) is 16.6 Å². The van der Waals surface area contributed by atoms with E-state index in [9.17, 15) is 9.50 Å². The van der Waals surface area contributed by atoms with Crippen molar-refractivity contribution in [1.29, 1.82) is 0 Å². The van der Waals surface area contributed by atoms with E-state index in [0.717, 1.165) is 0 Å². The lowest BCUT2D eigenvalue weighted by atomic mass is 10.1. The molecule has 7 heteroatoms. The Kier molecular flexibility index (Phi) is 3.95. The lowest BCUT2D eigenvalue weighted by Crippen LogP contribution is -2.27. The third kappa shape index (κ3) is 3.43. The molecule has 0 aliphatic carbocycles. The van der Waals surface area contributed by atoms with E-state index in [2.05, 4.69) is 10.1 Å². The summed E-state index contributed by atoms with van der Waals surface area (Å²) >= 11 is 6.20. The Morgan fingerprint density at radius 3 is 2.78 bits per heavy atom. The van der Waals surface area contributed by atoms with Crippen molar-refractivity contribution in [3.8, 4) is 16.9 Å². The second kappa shape index (κ2) is 5.79. The quantitative estimate of drug-likeness (QED) is 0.743. The van der Waals surface area contributed by atoms with Crippen molar-refractivity contribution in [1.82, 2.24) is 14.6 Å². The Morgan fingerprint density at radius 2 is 2.13 bits per heavy atom. The van der Waals surface area contributed by atoms with Gasteiger partial charge in [-0.05, 0) is 32.0 Å². The van der Waals surface area contributed by atoms with Gasteiger partial charge in [-0.3, -0.25) is 0 Å². The number of nitrogens with zero attached hydrogens (tertiary/aromatic N) is 3. The van der Waals surface area contributed by atoms with E-state index in [1.54, 1.807) is 36.7 Å². The summed E-state index contributed by atoms with van der Waals surface area (Å²) in [5.41, 5.74) is 1.12. The van der Waals surface area contributed by atoms with Crippen LogP contribution < -0.4 is 4.74 Å². The topological polar surface area (TPSA) is 59.7 Å². The molecule has 3 rings (SSSR count). The number of hydrogen-bond donors (Lipinski definition) is 1. The summed E-state index contributed by atoms with van der Waals surface area (Å²) in [6.45, 7) is 3.43. The Hall–Kier alpha value is -2.18. The van der Waals surface area contributed by atoms with Gasteiger partial charge < -0.3 is 9.84 Å². The maximum Gasteiger partial charge on any atom is 0.212 e. The molecular formula is C16H15ClFN3O2. The first-order chi connectivity index (χ1) is 10.8. The van der Waals surface area contributed by atoms with Crippen LogP contribution in [-0.2, 0) is 0 Å². The third-order valence-electron chi connectivity index (χ3n) is 3.17. The Labute approximate surface area is 137 Å². The molecule has 0 aliphatic rings. The van der Waals surface area contributed by atoms with Gasteiger partial charge in [0.1, 0.15) is 12.4 Å². The van der Waals surface area contributed by atoms with Crippen LogP contribution in [0.4, 0.5) is 4.39 Å². The lowest BCUT2D eigenvalue weighted by molar-refractivity contribution is 0.0283. The average molecular weight is 336 g/mol. The number of aromatic nitrogens is 3. The normalized spacial score (nSPS) is 11.9. The van der Waals surface area contributed by atoms with E-state index in [0.29, 0.717) is 27.4 Å². The smallest absolute Gasteiger partial charge is 0.212 e. The summed E-state index contributed by atoms with van der Waals surface area (Å²) in [7, 11) is 0. The SMILES string of the molecule is CC(C)(O)COc1cc(-c2ccc(F)nc2)c2c(Cl)cnn2c1. The third-order valence-corrected chi connectivity index (χ3v) is 3.45. The van der Waals surface area contributed by atoms with Gasteiger partial charge in [-0.1, -0.05) is 11.6 Å². The average Bonchev–Trinajstić information content (AvgIpc) is 2.86. The summed E-state index contributed by atoms with van der Waals surface area (Å²) in [6.07, 6.45) is 4.62. The van der Waals surface area contributed by atoms with Gasteiger partial charge in [0.05, 0.1) is 28.5 Å². The fraction of sp³-hybridized carbons (Fsp3) is 0.250. The highest BCUT2D eigenvalue weighted by molar-refractivity contribution is 6.34. The van der Waals surface area contributed by atoms with Crippen molar-refractivity contribution < 1.29 is 14.2 Å². The summed E-state index contributed by atoms with van der Waals surface area (Å²) in [4.78, 5) is 3.67. The van der Waals surface area contributed by atoms with Crippen LogP contribution in [0.15, 0.2) is 36.8 Å². The summed E-state index contributed by atoms with van der Waals surface area (Å²) in [5, 5.41) is 14.4. The Bertz CT molecular complexity index is 841. The summed E-state index contributed by atoms with van der Waals surface area (Å²) in [6, 6.07) is 4.66. The van der Waals surface area contributed by atoms with E-state index in [1.165, 1.54) is 18.5 Å². The van der Waals surface area contributed by atoms with Crippen LogP contribution in [-0.4, -0.2) is 31.9 Å². The van der Waals surface area contributed by atoms with Gasteiger partial charge in [0.25, 0.3) is 0 Å². The highest BCUT2D eigenvalue weighted by Gasteiger charge is 2.16. The Morgan fingerprint density at radius 1 is 1.35 bits per heavy atom. The van der Waals surface area contributed by atoms with Crippen LogP contribution in [0.1, 0.15) is 13.8 Å². The van der Waals surface area contributed by atoms with Crippen molar-refractivity contribution in [2.75, 3.05) is 6.61 Å². The fourth-order valence-electron chi connectivity index (χ4n) is 2.15. The first-order valence-corrected chi connectivity index (χ1v) is 7.35. The molecule has 3 heterocycles. The van der Waals surface area contributed by atoms with Gasteiger partial charge in [-0.15, -0.1) is 0 Å². The van der Waals surface area contributed by atoms with Gasteiger partial charge >= 0.3 is 0 Å². The minimum Gasteiger partial charge on any atom is -0.489 e. The number of hydrogen-bond acceptors (Lipinski definition) is 4. The molecule has 120 valence electrons. The summed E-state index contributed by atoms with van der Waals surface area (Å²) in [5.74, 6) is -0.0440. The van der Waals surface area contributed by atoms with Crippen LogP contribution in [0.5, 0.6) is 5.75 Å². The molecule has 0 radical (unpaired) electrons. The van der Waals surface area contributed by atoms with E-state index >= 15 is 0 Å². The molecule has 0 amide bonds. The molecular weight excluding hydrogens is 321 g/mol. The summed E-state index contributed by atoms with van der Waals surface area (Å²) < 4.78 is 20.3. The molecule has 0 unspecified atom stereocenters. The molecule has 0 saturated heterocycles. The van der Waals surface area contributed by atoms with Gasteiger partial charge in [0, 0.05) is 17.3 Å². The molecule has 3 aromatic heterocycles. The zero-order chi connectivity index (χ0) is 16.6. The van der Waals surface area contributed by atoms with Crippen LogP contribution in [0.2, 0.25) is 5.02 Å². The highest BCUT2D eigenvalue weighted by atomic mass is 35.5. The van der Waals surface area contributed by atoms with Crippen LogP contribution in [0.3, 0.4) is 0 Å². The van der Waals surface area contributed by atoms with E-state index in [4.69, 9.17) is 16.3 Å². The van der Waals surface area contributed by atoms with E-state index in [-0.39, 0.29) is 6.61 Å². The van der Waals surface area contributed by atoms with Crippen molar-refractivity contribution in [2.24, 2.45) is 0 Å². The number of halogens is 2. The van der Waals surface area contributed by atoms with Crippen LogP contribution in [0, 0.1) is 5.95 Å². The standard InChI is InChI=1S/C16H15ClFN3O2/c1-16(2,22)9-23-11-5-12(10-3-4-14(18)19-6-10)15-13(17)7-20-21(15)8-11/h3-8,22H,9H2,1-2H3. The number of fused-ring (bicyclic) bond motifs is 1. The molecule has 0 saturated carbocycles. The van der Waals surface area contributed by atoms with E-state index in [1.807, 2.05) is 0 Å². The second-order valence-electron chi connectivity index (χ2n) is 5.85. The Balaban J connectivity index is 2.10. The second-order valence-corrected chi connectivity index (χ2v) is 6.25. The number of ether oxygens (including phenoxy) is 1. The molecule has 0 aromatic carbocycles.